The molecule has 3 nitrogen and oxygen atoms in total. The highest BCUT2D eigenvalue weighted by molar-refractivity contribution is 6.32. The van der Waals surface area contributed by atoms with Crippen molar-refractivity contribution in [2.45, 2.75) is 6.92 Å². The minimum absolute atomic E-state index is 0.382. The molecule has 0 aliphatic rings. The molecule has 90 valence electrons. The highest BCUT2D eigenvalue weighted by Crippen LogP contribution is 2.32. The Labute approximate surface area is 110 Å². The molecule has 2 rings (SSSR count). The smallest absolute Gasteiger partial charge is 0.146 e. The maximum atomic E-state index is 9.03. The van der Waals surface area contributed by atoms with Crippen LogP contribution < -0.4 is 10.5 Å². The molecule has 2 N–H and O–H groups in total. The lowest BCUT2D eigenvalue weighted by molar-refractivity contribution is 0.481. The maximum Gasteiger partial charge on any atom is 0.146 e. The van der Waals surface area contributed by atoms with Gasteiger partial charge in [0, 0.05) is 5.69 Å². The number of ether oxygens (including phenoxy) is 1. The van der Waals surface area contributed by atoms with Gasteiger partial charge in [-0.1, -0.05) is 17.7 Å². The fourth-order valence-corrected chi connectivity index (χ4v) is 1.69. The van der Waals surface area contributed by atoms with Crippen LogP contribution in [0.2, 0.25) is 5.02 Å². The monoisotopic (exact) mass is 258 g/mol. The van der Waals surface area contributed by atoms with Gasteiger partial charge in [0.1, 0.15) is 17.6 Å². The molecular weight excluding hydrogens is 248 g/mol. The quantitative estimate of drug-likeness (QED) is 0.831. The molecule has 2 aromatic carbocycles. The summed E-state index contributed by atoms with van der Waals surface area (Å²) in [5.41, 5.74) is 7.55. The van der Waals surface area contributed by atoms with Crippen LogP contribution in [0.25, 0.3) is 0 Å². The largest absolute Gasteiger partial charge is 0.454 e. The van der Waals surface area contributed by atoms with Gasteiger partial charge in [-0.3, -0.25) is 0 Å². The average Bonchev–Trinajstić information content (AvgIpc) is 2.36. The zero-order valence-electron chi connectivity index (χ0n) is 9.77. The summed E-state index contributed by atoms with van der Waals surface area (Å²) < 4.78 is 5.66. The van der Waals surface area contributed by atoms with Gasteiger partial charge in [-0.2, -0.15) is 5.26 Å². The number of aryl methyl sites for hydroxylation is 1. The second kappa shape index (κ2) is 4.99. The highest BCUT2D eigenvalue weighted by Gasteiger charge is 2.08. The molecular formula is C14H11ClN2O. The van der Waals surface area contributed by atoms with Crippen molar-refractivity contribution in [2.24, 2.45) is 0 Å². The summed E-state index contributed by atoms with van der Waals surface area (Å²) in [4.78, 5) is 0. The van der Waals surface area contributed by atoms with E-state index in [4.69, 9.17) is 27.3 Å². The molecule has 0 amide bonds. The number of halogens is 1. The Kier molecular flexibility index (Phi) is 3.40. The van der Waals surface area contributed by atoms with E-state index >= 15 is 0 Å². The SMILES string of the molecule is Cc1ccc(Cl)c(Oc2ccc(N)cc2C#N)c1. The number of hydrogen-bond acceptors (Lipinski definition) is 3. The van der Waals surface area contributed by atoms with Crippen molar-refractivity contribution in [2.75, 3.05) is 5.73 Å². The van der Waals surface area contributed by atoms with Gasteiger partial charge in [0.25, 0.3) is 0 Å². The van der Waals surface area contributed by atoms with Crippen molar-refractivity contribution in [3.63, 3.8) is 0 Å². The maximum absolute atomic E-state index is 9.03. The van der Waals surface area contributed by atoms with Crippen LogP contribution in [-0.2, 0) is 0 Å². The minimum atomic E-state index is 0.382. The van der Waals surface area contributed by atoms with E-state index in [1.807, 2.05) is 25.1 Å². The van der Waals surface area contributed by atoms with E-state index in [2.05, 4.69) is 0 Å². The Hall–Kier alpha value is -2.18. The first kappa shape index (κ1) is 12.3. The predicted molar refractivity (Wildman–Crippen MR) is 71.8 cm³/mol. The molecule has 0 saturated carbocycles. The number of rotatable bonds is 2. The molecule has 0 aliphatic heterocycles. The van der Waals surface area contributed by atoms with Crippen molar-refractivity contribution in [1.82, 2.24) is 0 Å². The van der Waals surface area contributed by atoms with E-state index in [9.17, 15) is 0 Å². The lowest BCUT2D eigenvalue weighted by Crippen LogP contribution is -1.92. The second-order valence-corrected chi connectivity index (χ2v) is 4.31. The number of nitrogens with zero attached hydrogens (tertiary/aromatic N) is 1. The lowest BCUT2D eigenvalue weighted by Gasteiger charge is -2.10. The normalized spacial score (nSPS) is 9.83. The third-order valence-electron chi connectivity index (χ3n) is 2.43. The molecule has 0 radical (unpaired) electrons. The molecule has 2 aromatic rings. The fraction of sp³-hybridized carbons (Fsp3) is 0.0714. The summed E-state index contributed by atoms with van der Waals surface area (Å²) in [5.74, 6) is 0.970. The number of nitrogens with two attached hydrogens (primary N) is 1. The van der Waals surface area contributed by atoms with E-state index in [0.717, 1.165) is 5.56 Å². The summed E-state index contributed by atoms with van der Waals surface area (Å²) in [6.07, 6.45) is 0. The van der Waals surface area contributed by atoms with Crippen molar-refractivity contribution >= 4 is 17.3 Å². The summed E-state index contributed by atoms with van der Waals surface area (Å²) in [7, 11) is 0. The van der Waals surface area contributed by atoms with Crippen LogP contribution in [0.4, 0.5) is 5.69 Å². The summed E-state index contributed by atoms with van der Waals surface area (Å²) in [6, 6.07) is 12.4. The molecule has 0 bridgehead atoms. The summed E-state index contributed by atoms with van der Waals surface area (Å²) >= 11 is 6.04. The van der Waals surface area contributed by atoms with Gasteiger partial charge in [0.2, 0.25) is 0 Å². The van der Waals surface area contributed by atoms with Gasteiger partial charge in [0.15, 0.2) is 0 Å². The van der Waals surface area contributed by atoms with E-state index in [1.54, 1.807) is 24.3 Å². The number of anilines is 1. The van der Waals surface area contributed by atoms with E-state index in [0.29, 0.717) is 27.8 Å². The highest BCUT2D eigenvalue weighted by atomic mass is 35.5. The summed E-state index contributed by atoms with van der Waals surface area (Å²) in [6.45, 7) is 1.94. The van der Waals surface area contributed by atoms with Gasteiger partial charge in [-0.15, -0.1) is 0 Å². The third-order valence-corrected chi connectivity index (χ3v) is 2.74. The number of benzene rings is 2. The molecule has 0 spiro atoms. The lowest BCUT2D eigenvalue weighted by atomic mass is 10.2. The Morgan fingerprint density at radius 1 is 1.17 bits per heavy atom. The molecule has 0 fully saturated rings. The van der Waals surface area contributed by atoms with Crippen LogP contribution in [0.15, 0.2) is 36.4 Å². The Morgan fingerprint density at radius 3 is 2.67 bits per heavy atom. The topological polar surface area (TPSA) is 59.0 Å². The minimum Gasteiger partial charge on any atom is -0.454 e. The van der Waals surface area contributed by atoms with Crippen molar-refractivity contribution < 1.29 is 4.74 Å². The van der Waals surface area contributed by atoms with Crippen molar-refractivity contribution in [1.29, 1.82) is 5.26 Å². The average molecular weight is 259 g/mol. The molecule has 0 aliphatic carbocycles. The zero-order chi connectivity index (χ0) is 13.1. The fourth-order valence-electron chi connectivity index (χ4n) is 1.53. The molecule has 4 heteroatoms. The van der Waals surface area contributed by atoms with Crippen molar-refractivity contribution in [3.8, 4) is 17.6 Å². The number of nitriles is 1. The molecule has 0 unspecified atom stereocenters. The van der Waals surface area contributed by atoms with Crippen LogP contribution >= 0.6 is 11.6 Å². The van der Waals surface area contributed by atoms with E-state index in [1.165, 1.54) is 0 Å². The summed E-state index contributed by atoms with van der Waals surface area (Å²) in [5, 5.41) is 9.53. The second-order valence-electron chi connectivity index (χ2n) is 3.90. The van der Waals surface area contributed by atoms with Gasteiger partial charge in [-0.25, -0.2) is 0 Å². The Morgan fingerprint density at radius 2 is 1.94 bits per heavy atom. The van der Waals surface area contributed by atoms with Crippen LogP contribution in [0.3, 0.4) is 0 Å². The number of hydrogen-bond donors (Lipinski definition) is 1. The first-order chi connectivity index (χ1) is 8.60. The van der Waals surface area contributed by atoms with Crippen LogP contribution in [-0.4, -0.2) is 0 Å². The Balaban J connectivity index is 2.40. The molecule has 0 heterocycles. The Bertz CT molecular complexity index is 632. The first-order valence-electron chi connectivity index (χ1n) is 5.34. The van der Waals surface area contributed by atoms with Gasteiger partial charge < -0.3 is 10.5 Å². The van der Waals surface area contributed by atoms with Gasteiger partial charge in [0.05, 0.1) is 10.6 Å². The van der Waals surface area contributed by atoms with Crippen LogP contribution in [0, 0.1) is 18.3 Å². The zero-order valence-corrected chi connectivity index (χ0v) is 10.5. The van der Waals surface area contributed by atoms with Crippen LogP contribution in [0.5, 0.6) is 11.5 Å². The molecule has 0 atom stereocenters. The van der Waals surface area contributed by atoms with Crippen molar-refractivity contribution in [3.05, 3.63) is 52.5 Å². The van der Waals surface area contributed by atoms with Gasteiger partial charge in [-0.05, 0) is 42.8 Å². The predicted octanol–water partition coefficient (Wildman–Crippen LogP) is 3.89. The molecule has 18 heavy (non-hydrogen) atoms. The third kappa shape index (κ3) is 2.55. The first-order valence-corrected chi connectivity index (χ1v) is 5.71. The van der Waals surface area contributed by atoms with E-state index < -0.39 is 0 Å². The molecule has 0 aromatic heterocycles. The van der Waals surface area contributed by atoms with Crippen LogP contribution in [0.1, 0.15) is 11.1 Å². The standard InChI is InChI=1S/C14H11ClN2O/c1-9-2-4-12(15)14(6-9)18-13-5-3-11(17)7-10(13)8-16/h2-7H,17H2,1H3. The van der Waals surface area contributed by atoms with Gasteiger partial charge >= 0.3 is 0 Å². The number of nitrogen functional groups attached to an aromatic ring is 1. The molecule has 0 saturated heterocycles. The van der Waals surface area contributed by atoms with E-state index in [-0.39, 0.29) is 0 Å².